The fourth-order valence-corrected chi connectivity index (χ4v) is 4.39. The summed E-state index contributed by atoms with van der Waals surface area (Å²) in [6.45, 7) is 0.927. The molecule has 1 aromatic rings. The summed E-state index contributed by atoms with van der Waals surface area (Å²) in [5, 5.41) is 10.3. The molecule has 2 N–H and O–H groups in total. The SMILES string of the molecule is O=C(O)c1sccc1S(=O)(=O)NCC(=O)N1CCCCC1. The molecule has 1 amide bonds. The second-order valence-corrected chi connectivity index (χ2v) is 7.34. The molecule has 0 aromatic carbocycles. The van der Waals surface area contributed by atoms with E-state index in [1.54, 1.807) is 4.90 Å². The van der Waals surface area contributed by atoms with Crippen LogP contribution >= 0.6 is 11.3 Å². The van der Waals surface area contributed by atoms with Gasteiger partial charge >= 0.3 is 5.97 Å². The van der Waals surface area contributed by atoms with Gasteiger partial charge in [-0.1, -0.05) is 0 Å². The average Bonchev–Trinajstić information content (AvgIpc) is 2.96. The Kier molecular flexibility index (Phi) is 4.96. The summed E-state index contributed by atoms with van der Waals surface area (Å²) in [5.41, 5.74) is 0. The average molecular weight is 332 g/mol. The summed E-state index contributed by atoms with van der Waals surface area (Å²) in [6, 6.07) is 1.22. The number of carbonyl (C=O) groups is 2. The van der Waals surface area contributed by atoms with E-state index in [0.717, 1.165) is 30.6 Å². The summed E-state index contributed by atoms with van der Waals surface area (Å²) < 4.78 is 26.3. The molecular weight excluding hydrogens is 316 g/mol. The van der Waals surface area contributed by atoms with Crippen LogP contribution in [0.1, 0.15) is 28.9 Å². The Morgan fingerprint density at radius 3 is 2.57 bits per heavy atom. The maximum Gasteiger partial charge on any atom is 0.347 e. The van der Waals surface area contributed by atoms with Gasteiger partial charge in [0.15, 0.2) is 0 Å². The summed E-state index contributed by atoms with van der Waals surface area (Å²) in [5.74, 6) is -1.59. The van der Waals surface area contributed by atoms with E-state index < -0.39 is 16.0 Å². The van der Waals surface area contributed by atoms with Crippen LogP contribution in [0.15, 0.2) is 16.3 Å². The Morgan fingerprint density at radius 2 is 1.95 bits per heavy atom. The van der Waals surface area contributed by atoms with Gasteiger partial charge in [0.25, 0.3) is 0 Å². The molecule has 116 valence electrons. The Morgan fingerprint density at radius 1 is 1.29 bits per heavy atom. The van der Waals surface area contributed by atoms with E-state index in [2.05, 4.69) is 4.72 Å². The molecule has 0 aliphatic carbocycles. The first kappa shape index (κ1) is 15.9. The molecule has 1 saturated heterocycles. The van der Waals surface area contributed by atoms with Crippen molar-refractivity contribution in [2.75, 3.05) is 19.6 Å². The van der Waals surface area contributed by atoms with Crippen molar-refractivity contribution in [3.05, 3.63) is 16.3 Å². The van der Waals surface area contributed by atoms with Gasteiger partial charge in [-0.3, -0.25) is 4.79 Å². The van der Waals surface area contributed by atoms with Crippen LogP contribution < -0.4 is 4.72 Å². The van der Waals surface area contributed by atoms with Crippen LogP contribution in [0.3, 0.4) is 0 Å². The second-order valence-electron chi connectivity index (χ2n) is 4.69. The van der Waals surface area contributed by atoms with Crippen LogP contribution in [0, 0.1) is 0 Å². The third kappa shape index (κ3) is 3.80. The van der Waals surface area contributed by atoms with Gasteiger partial charge in [-0.05, 0) is 30.7 Å². The first-order chi connectivity index (χ1) is 9.92. The first-order valence-corrected chi connectivity index (χ1v) is 8.86. The van der Waals surface area contributed by atoms with Crippen molar-refractivity contribution >= 4 is 33.2 Å². The minimum absolute atomic E-state index is 0.257. The molecule has 0 unspecified atom stereocenters. The van der Waals surface area contributed by atoms with Crippen molar-refractivity contribution in [1.82, 2.24) is 9.62 Å². The zero-order valence-corrected chi connectivity index (χ0v) is 12.9. The standard InChI is InChI=1S/C12H16N2O5S2/c15-10(14-5-2-1-3-6-14)8-13-21(18,19)9-4-7-20-11(9)12(16)17/h4,7,13H,1-3,5-6,8H2,(H,16,17). The predicted molar refractivity (Wildman–Crippen MR) is 76.9 cm³/mol. The zero-order chi connectivity index (χ0) is 15.5. The highest BCUT2D eigenvalue weighted by Crippen LogP contribution is 2.21. The highest BCUT2D eigenvalue weighted by Gasteiger charge is 2.25. The van der Waals surface area contributed by atoms with Crippen molar-refractivity contribution < 1.29 is 23.1 Å². The van der Waals surface area contributed by atoms with E-state index in [1.807, 2.05) is 0 Å². The normalized spacial score (nSPS) is 15.9. The summed E-state index contributed by atoms with van der Waals surface area (Å²) >= 11 is 0.833. The number of piperidine rings is 1. The number of rotatable bonds is 5. The van der Waals surface area contributed by atoms with Crippen LogP contribution in [0.2, 0.25) is 0 Å². The number of hydrogen-bond donors (Lipinski definition) is 2. The van der Waals surface area contributed by atoms with E-state index in [9.17, 15) is 18.0 Å². The third-order valence-corrected chi connectivity index (χ3v) is 5.71. The molecule has 0 atom stereocenters. The lowest BCUT2D eigenvalue weighted by atomic mass is 10.1. The van der Waals surface area contributed by atoms with Crippen molar-refractivity contribution in [2.45, 2.75) is 24.2 Å². The van der Waals surface area contributed by atoms with Crippen LogP contribution in [0.5, 0.6) is 0 Å². The van der Waals surface area contributed by atoms with Crippen molar-refractivity contribution in [3.63, 3.8) is 0 Å². The van der Waals surface area contributed by atoms with E-state index in [4.69, 9.17) is 5.11 Å². The molecule has 1 aliphatic rings. The monoisotopic (exact) mass is 332 g/mol. The van der Waals surface area contributed by atoms with Crippen LogP contribution in [0.4, 0.5) is 0 Å². The number of nitrogens with one attached hydrogen (secondary N) is 1. The summed E-state index contributed by atoms with van der Waals surface area (Å²) in [6.07, 6.45) is 2.92. The molecule has 9 heteroatoms. The first-order valence-electron chi connectivity index (χ1n) is 6.50. The van der Waals surface area contributed by atoms with Crippen molar-refractivity contribution in [1.29, 1.82) is 0 Å². The number of amides is 1. The second kappa shape index (κ2) is 6.54. The maximum absolute atomic E-state index is 12.1. The summed E-state index contributed by atoms with van der Waals surface area (Å²) in [7, 11) is -3.99. The number of carboxylic acid groups (broad SMARTS) is 1. The number of aromatic carboxylic acids is 1. The molecule has 0 radical (unpaired) electrons. The molecule has 1 aliphatic heterocycles. The minimum atomic E-state index is -3.99. The van der Waals surface area contributed by atoms with Gasteiger partial charge in [-0.2, -0.15) is 0 Å². The molecule has 2 rings (SSSR count). The largest absolute Gasteiger partial charge is 0.477 e. The molecule has 21 heavy (non-hydrogen) atoms. The van der Waals surface area contributed by atoms with Gasteiger partial charge in [-0.15, -0.1) is 11.3 Å². The topological polar surface area (TPSA) is 104 Å². The molecule has 0 saturated carbocycles. The van der Waals surface area contributed by atoms with Crippen LogP contribution in [0.25, 0.3) is 0 Å². The van der Waals surface area contributed by atoms with Crippen molar-refractivity contribution in [3.8, 4) is 0 Å². The number of thiophene rings is 1. The molecular formula is C12H16N2O5S2. The molecule has 7 nitrogen and oxygen atoms in total. The van der Waals surface area contributed by atoms with E-state index in [-0.39, 0.29) is 22.2 Å². The maximum atomic E-state index is 12.1. The highest BCUT2D eigenvalue weighted by atomic mass is 32.2. The number of hydrogen-bond acceptors (Lipinski definition) is 5. The van der Waals surface area contributed by atoms with Crippen molar-refractivity contribution in [2.24, 2.45) is 0 Å². The zero-order valence-electron chi connectivity index (χ0n) is 11.2. The summed E-state index contributed by atoms with van der Waals surface area (Å²) in [4.78, 5) is 23.9. The van der Waals surface area contributed by atoms with Crippen LogP contribution in [-0.4, -0.2) is 49.9 Å². The van der Waals surface area contributed by atoms with Gasteiger partial charge in [0.1, 0.15) is 9.77 Å². The number of carbonyl (C=O) groups excluding carboxylic acids is 1. The predicted octanol–water partition coefficient (Wildman–Crippen LogP) is 0.737. The lowest BCUT2D eigenvalue weighted by Gasteiger charge is -2.26. The molecule has 0 spiro atoms. The molecule has 1 fully saturated rings. The molecule has 2 heterocycles. The Balaban J connectivity index is 2.02. The minimum Gasteiger partial charge on any atom is -0.477 e. The fraction of sp³-hybridized carbons (Fsp3) is 0.500. The number of likely N-dealkylation sites (tertiary alicyclic amines) is 1. The lowest BCUT2D eigenvalue weighted by molar-refractivity contribution is -0.130. The quantitative estimate of drug-likeness (QED) is 0.827. The van der Waals surface area contributed by atoms with Gasteiger partial charge in [0.05, 0.1) is 6.54 Å². The molecule has 1 aromatic heterocycles. The van der Waals surface area contributed by atoms with E-state index in [0.29, 0.717) is 13.1 Å². The number of sulfonamides is 1. The van der Waals surface area contributed by atoms with E-state index >= 15 is 0 Å². The number of nitrogens with zero attached hydrogens (tertiary/aromatic N) is 1. The fourth-order valence-electron chi connectivity index (χ4n) is 2.15. The molecule has 0 bridgehead atoms. The Labute approximate surface area is 126 Å². The smallest absolute Gasteiger partial charge is 0.347 e. The van der Waals surface area contributed by atoms with Gasteiger partial charge in [-0.25, -0.2) is 17.9 Å². The van der Waals surface area contributed by atoms with Gasteiger partial charge < -0.3 is 10.0 Å². The third-order valence-electron chi connectivity index (χ3n) is 3.24. The van der Waals surface area contributed by atoms with Gasteiger partial charge in [0.2, 0.25) is 15.9 Å². The van der Waals surface area contributed by atoms with Gasteiger partial charge in [0, 0.05) is 13.1 Å². The number of carboxylic acids is 1. The van der Waals surface area contributed by atoms with Crippen LogP contribution in [-0.2, 0) is 14.8 Å². The Bertz CT molecular complexity index is 632. The van der Waals surface area contributed by atoms with E-state index in [1.165, 1.54) is 11.4 Å². The highest BCUT2D eigenvalue weighted by molar-refractivity contribution is 7.89. The lowest BCUT2D eigenvalue weighted by Crippen LogP contribution is -2.42. The Hall–Kier alpha value is -1.45.